The van der Waals surface area contributed by atoms with Crippen LogP contribution < -0.4 is 5.73 Å². The van der Waals surface area contributed by atoms with Crippen molar-refractivity contribution in [3.63, 3.8) is 0 Å². The van der Waals surface area contributed by atoms with Crippen LogP contribution in [-0.2, 0) is 13.1 Å². The summed E-state index contributed by atoms with van der Waals surface area (Å²) in [6, 6.07) is 12.7. The zero-order valence-corrected chi connectivity index (χ0v) is 13.2. The molecule has 0 aliphatic heterocycles. The van der Waals surface area contributed by atoms with Gasteiger partial charge < -0.3 is 5.73 Å². The Bertz CT molecular complexity index is 660. The Hall–Kier alpha value is -1.49. The summed E-state index contributed by atoms with van der Waals surface area (Å²) >= 11 is 10.7. The lowest BCUT2D eigenvalue weighted by Gasteiger charge is -2.17. The van der Waals surface area contributed by atoms with Crippen LogP contribution in [0.25, 0.3) is 0 Å². The lowest BCUT2D eigenvalue weighted by atomic mass is 10.1. The van der Waals surface area contributed by atoms with Crippen LogP contribution in [0.4, 0.5) is 4.39 Å². The minimum atomic E-state index is -0.391. The van der Waals surface area contributed by atoms with Crippen molar-refractivity contribution in [1.29, 1.82) is 0 Å². The van der Waals surface area contributed by atoms with Crippen LogP contribution in [0.3, 0.4) is 0 Å². The largest absolute Gasteiger partial charge is 0.389 e. The van der Waals surface area contributed by atoms with Crippen molar-refractivity contribution in [3.05, 3.63) is 70.0 Å². The molecule has 0 radical (unpaired) electrons. The van der Waals surface area contributed by atoms with Gasteiger partial charge in [-0.3, -0.25) is 4.90 Å². The fourth-order valence-corrected chi connectivity index (χ4v) is 2.38. The fraction of sp³-hybridized carbons (Fsp3) is 0.188. The van der Waals surface area contributed by atoms with E-state index >= 15 is 0 Å². The maximum absolute atomic E-state index is 13.4. The van der Waals surface area contributed by atoms with E-state index in [1.165, 1.54) is 6.07 Å². The Morgan fingerprint density at radius 2 is 1.86 bits per heavy atom. The Morgan fingerprint density at radius 1 is 1.19 bits per heavy atom. The summed E-state index contributed by atoms with van der Waals surface area (Å²) in [5, 5.41) is 0.144. The van der Waals surface area contributed by atoms with Crippen LogP contribution in [-0.4, -0.2) is 16.9 Å². The maximum atomic E-state index is 13.4. The molecule has 2 nitrogen and oxygen atoms in total. The Kier molecular flexibility index (Phi) is 5.28. The maximum Gasteiger partial charge on any atom is 0.142 e. The Balaban J connectivity index is 2.04. The predicted octanol–water partition coefficient (Wildman–Crippen LogP) is 3.75. The molecule has 0 aliphatic carbocycles. The molecule has 110 valence electrons. The smallest absolute Gasteiger partial charge is 0.142 e. The van der Waals surface area contributed by atoms with Gasteiger partial charge in [-0.1, -0.05) is 48.1 Å². The second-order valence-electron chi connectivity index (χ2n) is 4.99. The minimum absolute atomic E-state index is 0.144. The van der Waals surface area contributed by atoms with E-state index in [2.05, 4.69) is 4.90 Å². The van der Waals surface area contributed by atoms with Crippen molar-refractivity contribution in [2.24, 2.45) is 5.73 Å². The molecule has 0 atom stereocenters. The molecule has 0 spiro atoms. The molecule has 0 aliphatic rings. The van der Waals surface area contributed by atoms with Gasteiger partial charge in [0.15, 0.2) is 0 Å². The van der Waals surface area contributed by atoms with Gasteiger partial charge in [0.05, 0.1) is 5.02 Å². The highest BCUT2D eigenvalue weighted by Crippen LogP contribution is 2.17. The average Bonchev–Trinajstić information content (AvgIpc) is 2.43. The number of thiocarbonyl (C=S) groups is 1. The SMILES string of the molecule is CN(Cc1cccc(C(N)=S)c1)Cc1ccc(Cl)c(F)c1. The molecule has 0 unspecified atom stereocenters. The van der Waals surface area contributed by atoms with Gasteiger partial charge in [0, 0.05) is 18.7 Å². The van der Waals surface area contributed by atoms with E-state index in [0.717, 1.165) is 23.2 Å². The molecule has 0 aromatic heterocycles. The van der Waals surface area contributed by atoms with Crippen LogP contribution in [0.5, 0.6) is 0 Å². The number of benzene rings is 2. The highest BCUT2D eigenvalue weighted by molar-refractivity contribution is 7.80. The Labute approximate surface area is 134 Å². The summed E-state index contributed by atoms with van der Waals surface area (Å²) in [6.07, 6.45) is 0. The third kappa shape index (κ3) is 4.49. The summed E-state index contributed by atoms with van der Waals surface area (Å²) in [7, 11) is 1.97. The number of nitrogens with zero attached hydrogens (tertiary/aromatic N) is 1. The predicted molar refractivity (Wildman–Crippen MR) is 88.9 cm³/mol. The molecule has 0 heterocycles. The molecule has 0 saturated heterocycles. The molecular weight excluding hydrogens is 307 g/mol. The van der Waals surface area contributed by atoms with Crippen molar-refractivity contribution in [2.75, 3.05) is 7.05 Å². The molecule has 0 fully saturated rings. The minimum Gasteiger partial charge on any atom is -0.389 e. The first-order chi connectivity index (χ1) is 9.95. The summed E-state index contributed by atoms with van der Waals surface area (Å²) in [5.74, 6) is -0.391. The van der Waals surface area contributed by atoms with Gasteiger partial charge in [-0.2, -0.15) is 0 Å². The van der Waals surface area contributed by atoms with E-state index in [4.69, 9.17) is 29.6 Å². The summed E-state index contributed by atoms with van der Waals surface area (Å²) < 4.78 is 13.4. The first kappa shape index (κ1) is 15.9. The summed E-state index contributed by atoms with van der Waals surface area (Å²) in [4.78, 5) is 2.47. The Morgan fingerprint density at radius 3 is 2.48 bits per heavy atom. The van der Waals surface area contributed by atoms with Crippen LogP contribution in [0.2, 0.25) is 5.02 Å². The molecule has 21 heavy (non-hydrogen) atoms. The molecule has 5 heteroatoms. The topological polar surface area (TPSA) is 29.3 Å². The van der Waals surface area contributed by atoms with Crippen molar-refractivity contribution in [3.8, 4) is 0 Å². The molecule has 2 aromatic rings. The van der Waals surface area contributed by atoms with Gasteiger partial charge in [-0.15, -0.1) is 0 Å². The van der Waals surface area contributed by atoms with Crippen LogP contribution >= 0.6 is 23.8 Å². The van der Waals surface area contributed by atoms with Crippen molar-refractivity contribution >= 4 is 28.8 Å². The van der Waals surface area contributed by atoms with E-state index < -0.39 is 5.82 Å². The van der Waals surface area contributed by atoms with Gasteiger partial charge in [0.1, 0.15) is 10.8 Å². The van der Waals surface area contributed by atoms with Crippen LogP contribution in [0.15, 0.2) is 42.5 Å². The van der Waals surface area contributed by atoms with Gasteiger partial charge in [0.2, 0.25) is 0 Å². The van der Waals surface area contributed by atoms with Crippen molar-refractivity contribution < 1.29 is 4.39 Å². The standard InChI is InChI=1S/C16H16ClFN2S/c1-20(10-12-5-6-14(17)15(18)8-12)9-11-3-2-4-13(7-11)16(19)21/h2-8H,9-10H2,1H3,(H2,19,21). The molecule has 0 saturated carbocycles. The second kappa shape index (κ2) is 6.98. The van der Waals surface area contributed by atoms with Crippen LogP contribution in [0, 0.1) is 5.82 Å². The fourth-order valence-electron chi connectivity index (χ4n) is 2.14. The van der Waals surface area contributed by atoms with Gasteiger partial charge in [-0.05, 0) is 36.4 Å². The zero-order valence-electron chi connectivity index (χ0n) is 11.6. The molecule has 2 aromatic carbocycles. The third-order valence-electron chi connectivity index (χ3n) is 3.10. The van der Waals surface area contributed by atoms with E-state index in [1.807, 2.05) is 37.4 Å². The van der Waals surface area contributed by atoms with Gasteiger partial charge in [-0.25, -0.2) is 4.39 Å². The van der Waals surface area contributed by atoms with Gasteiger partial charge >= 0.3 is 0 Å². The number of rotatable bonds is 5. The van der Waals surface area contributed by atoms with Crippen molar-refractivity contribution in [2.45, 2.75) is 13.1 Å². The first-order valence-electron chi connectivity index (χ1n) is 6.47. The van der Waals surface area contributed by atoms with Gasteiger partial charge in [0.25, 0.3) is 0 Å². The monoisotopic (exact) mass is 322 g/mol. The van der Waals surface area contributed by atoms with Crippen LogP contribution in [0.1, 0.15) is 16.7 Å². The molecule has 0 bridgehead atoms. The number of hydrogen-bond donors (Lipinski definition) is 1. The van der Waals surface area contributed by atoms with E-state index in [9.17, 15) is 4.39 Å². The quantitative estimate of drug-likeness (QED) is 0.850. The normalized spacial score (nSPS) is 10.9. The molecule has 2 N–H and O–H groups in total. The molecular formula is C16H16ClFN2S. The van der Waals surface area contributed by atoms with E-state index in [0.29, 0.717) is 11.5 Å². The number of nitrogens with two attached hydrogens (primary N) is 1. The third-order valence-corrected chi connectivity index (χ3v) is 3.64. The highest BCUT2D eigenvalue weighted by Gasteiger charge is 2.06. The highest BCUT2D eigenvalue weighted by atomic mass is 35.5. The molecule has 0 amide bonds. The number of hydrogen-bond acceptors (Lipinski definition) is 2. The van der Waals surface area contributed by atoms with E-state index in [1.54, 1.807) is 6.07 Å². The lowest BCUT2D eigenvalue weighted by molar-refractivity contribution is 0.318. The summed E-state index contributed by atoms with van der Waals surface area (Å²) in [5.41, 5.74) is 8.47. The molecule has 2 rings (SSSR count). The second-order valence-corrected chi connectivity index (χ2v) is 5.83. The van der Waals surface area contributed by atoms with E-state index in [-0.39, 0.29) is 5.02 Å². The zero-order chi connectivity index (χ0) is 15.4. The lowest BCUT2D eigenvalue weighted by Crippen LogP contribution is -2.18. The summed E-state index contributed by atoms with van der Waals surface area (Å²) in [6.45, 7) is 1.35. The first-order valence-corrected chi connectivity index (χ1v) is 7.25. The number of halogens is 2. The van der Waals surface area contributed by atoms with Crippen molar-refractivity contribution in [1.82, 2.24) is 4.90 Å². The average molecular weight is 323 g/mol.